The van der Waals surface area contributed by atoms with Gasteiger partial charge in [-0.15, -0.1) is 0 Å². The number of halogens is 1. The number of hydrogen-bond donors (Lipinski definition) is 1. The van der Waals surface area contributed by atoms with Gasteiger partial charge in [-0.25, -0.2) is 0 Å². The van der Waals surface area contributed by atoms with Crippen LogP contribution in [0.3, 0.4) is 0 Å². The van der Waals surface area contributed by atoms with Crippen molar-refractivity contribution in [1.82, 2.24) is 10.2 Å². The van der Waals surface area contributed by atoms with Crippen LogP contribution in [0.15, 0.2) is 28.7 Å². The maximum absolute atomic E-state index is 12.7. The van der Waals surface area contributed by atoms with Crippen molar-refractivity contribution in [3.05, 3.63) is 34.3 Å². The molecule has 1 saturated heterocycles. The first-order chi connectivity index (χ1) is 9.75. The Balaban J connectivity index is 1.72. The lowest BCUT2D eigenvalue weighted by Crippen LogP contribution is -2.49. The fraction of sp³-hybridized carbons (Fsp3) is 0.562. The molecule has 108 valence electrons. The van der Waals surface area contributed by atoms with Crippen LogP contribution in [0, 0.1) is 0 Å². The van der Waals surface area contributed by atoms with Gasteiger partial charge in [0.25, 0.3) is 0 Å². The number of nitrogens with one attached hydrogen (secondary N) is 1. The summed E-state index contributed by atoms with van der Waals surface area (Å²) in [7, 11) is 0. The predicted molar refractivity (Wildman–Crippen MR) is 83.4 cm³/mol. The van der Waals surface area contributed by atoms with Crippen LogP contribution in [-0.4, -0.2) is 29.4 Å². The maximum atomic E-state index is 12.7. The van der Waals surface area contributed by atoms with Crippen molar-refractivity contribution in [2.45, 2.75) is 50.7 Å². The SMILES string of the molecule is O=C(C1CCCCN1)N(Cc1ccccc1Br)C1CC1. The van der Waals surface area contributed by atoms with E-state index in [-0.39, 0.29) is 6.04 Å². The van der Waals surface area contributed by atoms with Crippen molar-refractivity contribution >= 4 is 21.8 Å². The van der Waals surface area contributed by atoms with E-state index in [0.29, 0.717) is 11.9 Å². The van der Waals surface area contributed by atoms with Crippen molar-refractivity contribution in [3.8, 4) is 0 Å². The summed E-state index contributed by atoms with van der Waals surface area (Å²) in [4.78, 5) is 14.8. The second-order valence-electron chi connectivity index (χ2n) is 5.79. The number of piperidine rings is 1. The van der Waals surface area contributed by atoms with Gasteiger partial charge in [0.2, 0.25) is 5.91 Å². The molecule has 0 radical (unpaired) electrons. The quantitative estimate of drug-likeness (QED) is 0.916. The van der Waals surface area contributed by atoms with Gasteiger partial charge in [-0.2, -0.15) is 0 Å². The van der Waals surface area contributed by atoms with Crippen molar-refractivity contribution < 1.29 is 4.79 Å². The van der Waals surface area contributed by atoms with Crippen molar-refractivity contribution in [1.29, 1.82) is 0 Å². The molecule has 1 unspecified atom stereocenters. The van der Waals surface area contributed by atoms with Crippen LogP contribution >= 0.6 is 15.9 Å². The first kappa shape index (κ1) is 14.1. The Morgan fingerprint density at radius 2 is 2.05 bits per heavy atom. The summed E-state index contributed by atoms with van der Waals surface area (Å²) in [6.07, 6.45) is 5.65. The molecule has 1 amide bonds. The lowest BCUT2D eigenvalue weighted by molar-refractivity contribution is -0.135. The molecule has 1 saturated carbocycles. The minimum atomic E-state index is 0.0341. The third kappa shape index (κ3) is 3.23. The zero-order valence-corrected chi connectivity index (χ0v) is 13.2. The molecule has 1 heterocycles. The number of hydrogen-bond acceptors (Lipinski definition) is 2. The van der Waals surface area contributed by atoms with Crippen LogP contribution < -0.4 is 5.32 Å². The molecular formula is C16H21BrN2O. The molecule has 2 fully saturated rings. The van der Waals surface area contributed by atoms with Gasteiger partial charge in [0.1, 0.15) is 0 Å². The normalized spacial score (nSPS) is 22.6. The standard InChI is InChI=1S/C16H21BrN2O/c17-14-6-2-1-5-12(14)11-19(13-8-9-13)16(20)15-7-3-4-10-18-15/h1-2,5-6,13,15,18H,3-4,7-11H2. The molecule has 1 aliphatic heterocycles. The van der Waals surface area contributed by atoms with E-state index in [1.165, 1.54) is 12.0 Å². The summed E-state index contributed by atoms with van der Waals surface area (Å²) < 4.78 is 1.09. The Hall–Kier alpha value is -0.870. The molecule has 1 aromatic carbocycles. The van der Waals surface area contributed by atoms with E-state index in [1.54, 1.807) is 0 Å². The third-order valence-corrected chi connectivity index (χ3v) is 4.95. The van der Waals surface area contributed by atoms with Gasteiger partial charge in [-0.3, -0.25) is 4.79 Å². The fourth-order valence-corrected chi connectivity index (χ4v) is 3.26. The number of rotatable bonds is 4. The molecule has 3 rings (SSSR count). The van der Waals surface area contributed by atoms with Crippen LogP contribution in [0.5, 0.6) is 0 Å². The Morgan fingerprint density at radius 1 is 1.25 bits per heavy atom. The summed E-state index contributed by atoms with van der Waals surface area (Å²) in [6.45, 7) is 1.70. The highest BCUT2D eigenvalue weighted by Gasteiger charge is 2.36. The number of carbonyl (C=O) groups is 1. The predicted octanol–water partition coefficient (Wildman–Crippen LogP) is 3.08. The summed E-state index contributed by atoms with van der Waals surface area (Å²) >= 11 is 3.59. The first-order valence-corrected chi connectivity index (χ1v) is 8.32. The number of amides is 1. The molecule has 4 heteroatoms. The molecule has 0 bridgehead atoms. The Kier molecular flexibility index (Phi) is 4.41. The number of benzene rings is 1. The number of carbonyl (C=O) groups excluding carboxylic acids is 1. The van der Waals surface area contributed by atoms with E-state index >= 15 is 0 Å². The van der Waals surface area contributed by atoms with Crippen LogP contribution in [0.4, 0.5) is 0 Å². The largest absolute Gasteiger partial charge is 0.334 e. The first-order valence-electron chi connectivity index (χ1n) is 7.53. The molecule has 1 aromatic rings. The summed E-state index contributed by atoms with van der Waals surface area (Å²) in [6, 6.07) is 8.68. The Labute approximate surface area is 128 Å². The van der Waals surface area contributed by atoms with E-state index in [0.717, 1.165) is 43.2 Å². The van der Waals surface area contributed by atoms with Gasteiger partial charge in [-0.1, -0.05) is 40.5 Å². The minimum absolute atomic E-state index is 0.0341. The van der Waals surface area contributed by atoms with E-state index in [2.05, 4.69) is 32.2 Å². The van der Waals surface area contributed by atoms with Crippen molar-refractivity contribution in [2.75, 3.05) is 6.54 Å². The highest BCUT2D eigenvalue weighted by atomic mass is 79.9. The zero-order valence-electron chi connectivity index (χ0n) is 11.6. The van der Waals surface area contributed by atoms with E-state index in [9.17, 15) is 4.79 Å². The summed E-state index contributed by atoms with van der Waals surface area (Å²) in [5.74, 6) is 0.294. The zero-order chi connectivity index (χ0) is 13.9. The average molecular weight is 337 g/mol. The second kappa shape index (κ2) is 6.27. The van der Waals surface area contributed by atoms with Gasteiger partial charge in [-0.05, 0) is 43.9 Å². The highest BCUT2D eigenvalue weighted by Crippen LogP contribution is 2.31. The Morgan fingerprint density at radius 3 is 2.70 bits per heavy atom. The van der Waals surface area contributed by atoms with E-state index < -0.39 is 0 Å². The minimum Gasteiger partial charge on any atom is -0.334 e. The second-order valence-corrected chi connectivity index (χ2v) is 6.65. The third-order valence-electron chi connectivity index (χ3n) is 4.18. The van der Waals surface area contributed by atoms with Gasteiger partial charge >= 0.3 is 0 Å². The molecule has 1 N–H and O–H groups in total. The monoisotopic (exact) mass is 336 g/mol. The Bertz CT molecular complexity index is 481. The lowest BCUT2D eigenvalue weighted by Gasteiger charge is -2.30. The van der Waals surface area contributed by atoms with Gasteiger partial charge in [0.05, 0.1) is 6.04 Å². The molecule has 3 nitrogen and oxygen atoms in total. The van der Waals surface area contributed by atoms with Gasteiger partial charge < -0.3 is 10.2 Å². The highest BCUT2D eigenvalue weighted by molar-refractivity contribution is 9.10. The topological polar surface area (TPSA) is 32.3 Å². The molecular weight excluding hydrogens is 316 g/mol. The van der Waals surface area contributed by atoms with E-state index in [1.807, 2.05) is 18.2 Å². The molecule has 0 aromatic heterocycles. The van der Waals surface area contributed by atoms with Gasteiger partial charge in [0, 0.05) is 17.1 Å². The smallest absolute Gasteiger partial charge is 0.240 e. The number of nitrogens with zero attached hydrogens (tertiary/aromatic N) is 1. The molecule has 1 atom stereocenters. The van der Waals surface area contributed by atoms with Crippen molar-refractivity contribution in [3.63, 3.8) is 0 Å². The van der Waals surface area contributed by atoms with E-state index in [4.69, 9.17) is 0 Å². The van der Waals surface area contributed by atoms with Crippen molar-refractivity contribution in [2.24, 2.45) is 0 Å². The summed E-state index contributed by atoms with van der Waals surface area (Å²) in [5.41, 5.74) is 1.20. The van der Waals surface area contributed by atoms with Gasteiger partial charge in [0.15, 0.2) is 0 Å². The van der Waals surface area contributed by atoms with Crippen LogP contribution in [0.1, 0.15) is 37.7 Å². The lowest BCUT2D eigenvalue weighted by atomic mass is 10.0. The molecule has 2 aliphatic rings. The molecule has 0 spiro atoms. The van der Waals surface area contributed by atoms with Crippen LogP contribution in [-0.2, 0) is 11.3 Å². The van der Waals surface area contributed by atoms with Crippen LogP contribution in [0.2, 0.25) is 0 Å². The average Bonchev–Trinajstić information content (AvgIpc) is 3.31. The maximum Gasteiger partial charge on any atom is 0.240 e. The summed E-state index contributed by atoms with van der Waals surface area (Å²) in [5, 5.41) is 3.38. The molecule has 1 aliphatic carbocycles. The molecule has 20 heavy (non-hydrogen) atoms. The fourth-order valence-electron chi connectivity index (χ4n) is 2.85. The van der Waals surface area contributed by atoms with Crippen LogP contribution in [0.25, 0.3) is 0 Å².